The van der Waals surface area contributed by atoms with Crippen molar-refractivity contribution in [1.82, 2.24) is 0 Å². The van der Waals surface area contributed by atoms with Crippen LogP contribution in [0.25, 0.3) is 0 Å². The fourth-order valence-corrected chi connectivity index (χ4v) is 4.45. The lowest BCUT2D eigenvalue weighted by molar-refractivity contribution is 0.242. The molecule has 0 aliphatic carbocycles. The highest BCUT2D eigenvalue weighted by Gasteiger charge is 2.20. The van der Waals surface area contributed by atoms with Crippen molar-refractivity contribution in [3.63, 3.8) is 0 Å². The lowest BCUT2D eigenvalue weighted by Crippen LogP contribution is -2.15. The second-order valence-electron chi connectivity index (χ2n) is 8.53. The molecule has 0 spiro atoms. The minimum atomic E-state index is 0.914. The van der Waals surface area contributed by atoms with Crippen LogP contribution < -0.4 is 0 Å². The maximum absolute atomic E-state index is 2.51. The van der Waals surface area contributed by atoms with Crippen molar-refractivity contribution in [2.24, 2.45) is 29.6 Å². The summed E-state index contributed by atoms with van der Waals surface area (Å²) in [5.41, 5.74) is 0. The lowest BCUT2D eigenvalue weighted by atomic mass is 9.78. The Morgan fingerprint density at radius 3 is 1.48 bits per heavy atom. The Hall–Kier alpha value is 0. The standard InChI is InChI=1S/C23H48/c1-8-13-14-19(6)15-20(7)16-22(11-4)18-23(12-5)17-21(9-2)10-3/h19-23H,8-18H2,1-7H3. The molecule has 0 aromatic rings. The monoisotopic (exact) mass is 324 g/mol. The number of hydrogen-bond donors (Lipinski definition) is 0. The van der Waals surface area contributed by atoms with E-state index in [2.05, 4.69) is 48.5 Å². The average Bonchev–Trinajstić information content (AvgIpc) is 2.55. The van der Waals surface area contributed by atoms with Crippen LogP contribution in [0.3, 0.4) is 0 Å². The van der Waals surface area contributed by atoms with Gasteiger partial charge in [-0.05, 0) is 55.3 Å². The van der Waals surface area contributed by atoms with Crippen LogP contribution >= 0.6 is 0 Å². The van der Waals surface area contributed by atoms with E-state index < -0.39 is 0 Å². The van der Waals surface area contributed by atoms with Crippen LogP contribution in [0.15, 0.2) is 0 Å². The van der Waals surface area contributed by atoms with Gasteiger partial charge in [0.25, 0.3) is 0 Å². The van der Waals surface area contributed by atoms with Crippen molar-refractivity contribution in [2.45, 2.75) is 119 Å². The third kappa shape index (κ3) is 11.2. The molecule has 0 saturated heterocycles. The summed E-state index contributed by atoms with van der Waals surface area (Å²) < 4.78 is 0. The molecule has 4 atom stereocenters. The molecule has 0 amide bonds. The first-order chi connectivity index (χ1) is 11.0. The van der Waals surface area contributed by atoms with E-state index in [1.807, 2.05) is 0 Å². The minimum absolute atomic E-state index is 0.914. The van der Waals surface area contributed by atoms with E-state index in [-0.39, 0.29) is 0 Å². The summed E-state index contributed by atoms with van der Waals surface area (Å²) in [6, 6.07) is 0. The molecule has 23 heavy (non-hydrogen) atoms. The first-order valence-corrected chi connectivity index (χ1v) is 11.0. The molecule has 0 saturated carbocycles. The average molecular weight is 325 g/mol. The summed E-state index contributed by atoms with van der Waals surface area (Å²) in [5.74, 6) is 4.73. The minimum Gasteiger partial charge on any atom is -0.0654 e. The molecule has 0 aliphatic heterocycles. The smallest absolute Gasteiger partial charge is 0.0412 e. The van der Waals surface area contributed by atoms with Gasteiger partial charge < -0.3 is 0 Å². The molecule has 0 fully saturated rings. The molecule has 0 rings (SSSR count). The molecule has 0 bridgehead atoms. The van der Waals surface area contributed by atoms with Crippen LogP contribution in [-0.2, 0) is 0 Å². The Kier molecular flexibility index (Phi) is 14.4. The van der Waals surface area contributed by atoms with Crippen molar-refractivity contribution >= 4 is 0 Å². The Morgan fingerprint density at radius 1 is 0.522 bits per heavy atom. The Balaban J connectivity index is 4.29. The van der Waals surface area contributed by atoms with Crippen LogP contribution in [0.4, 0.5) is 0 Å². The molecular formula is C23H48. The zero-order valence-corrected chi connectivity index (χ0v) is 17.7. The molecule has 0 aromatic carbocycles. The van der Waals surface area contributed by atoms with E-state index in [4.69, 9.17) is 0 Å². The molecule has 140 valence electrons. The Bertz CT molecular complexity index is 240. The van der Waals surface area contributed by atoms with Crippen molar-refractivity contribution in [2.75, 3.05) is 0 Å². The summed E-state index contributed by atoms with van der Waals surface area (Å²) in [4.78, 5) is 0. The van der Waals surface area contributed by atoms with Gasteiger partial charge in [-0.25, -0.2) is 0 Å². The quantitative estimate of drug-likeness (QED) is 0.283. The van der Waals surface area contributed by atoms with Crippen LogP contribution in [0, 0.1) is 29.6 Å². The maximum Gasteiger partial charge on any atom is -0.0412 e. The van der Waals surface area contributed by atoms with E-state index in [0.29, 0.717) is 0 Å². The summed E-state index contributed by atoms with van der Waals surface area (Å²) in [5, 5.41) is 0. The van der Waals surface area contributed by atoms with Gasteiger partial charge in [-0.2, -0.15) is 0 Å². The first-order valence-electron chi connectivity index (χ1n) is 11.0. The molecule has 0 aromatic heterocycles. The third-order valence-corrected chi connectivity index (χ3v) is 6.23. The molecule has 0 aliphatic rings. The Morgan fingerprint density at radius 2 is 1.00 bits per heavy atom. The second kappa shape index (κ2) is 14.4. The van der Waals surface area contributed by atoms with Gasteiger partial charge in [0.2, 0.25) is 0 Å². The van der Waals surface area contributed by atoms with Gasteiger partial charge in [0.1, 0.15) is 0 Å². The van der Waals surface area contributed by atoms with Gasteiger partial charge in [0.15, 0.2) is 0 Å². The SMILES string of the molecule is CCCCC(C)CC(C)CC(CC)CC(CC)CC(CC)CC. The summed E-state index contributed by atoms with van der Waals surface area (Å²) in [7, 11) is 0. The predicted octanol–water partition coefficient (Wildman–Crippen LogP) is 8.50. The van der Waals surface area contributed by atoms with Gasteiger partial charge in [-0.3, -0.25) is 0 Å². The van der Waals surface area contributed by atoms with E-state index in [1.54, 1.807) is 0 Å². The largest absolute Gasteiger partial charge is 0.0654 e. The highest BCUT2D eigenvalue weighted by atomic mass is 14.3. The molecular weight excluding hydrogens is 276 g/mol. The topological polar surface area (TPSA) is 0 Å². The highest BCUT2D eigenvalue weighted by Crippen LogP contribution is 2.32. The Labute approximate surface area is 149 Å². The normalized spacial score (nSPS) is 17.2. The van der Waals surface area contributed by atoms with Crippen LogP contribution in [-0.4, -0.2) is 0 Å². The summed E-state index contributed by atoms with van der Waals surface area (Å²) in [6.45, 7) is 16.9. The molecule has 0 heteroatoms. The molecule has 0 radical (unpaired) electrons. The summed E-state index contributed by atoms with van der Waals surface area (Å²) in [6.07, 6.45) is 15.6. The zero-order valence-electron chi connectivity index (χ0n) is 17.7. The van der Waals surface area contributed by atoms with Crippen LogP contribution in [0.1, 0.15) is 119 Å². The van der Waals surface area contributed by atoms with E-state index in [0.717, 1.165) is 29.6 Å². The molecule has 0 heterocycles. The third-order valence-electron chi connectivity index (χ3n) is 6.23. The van der Waals surface area contributed by atoms with E-state index in [9.17, 15) is 0 Å². The predicted molar refractivity (Wildman–Crippen MR) is 108 cm³/mol. The van der Waals surface area contributed by atoms with Gasteiger partial charge in [-0.15, -0.1) is 0 Å². The zero-order chi connectivity index (χ0) is 17.7. The van der Waals surface area contributed by atoms with Crippen molar-refractivity contribution in [1.29, 1.82) is 0 Å². The number of unbranched alkanes of at least 4 members (excludes halogenated alkanes) is 1. The van der Waals surface area contributed by atoms with Gasteiger partial charge in [0, 0.05) is 0 Å². The molecule has 0 nitrogen and oxygen atoms in total. The number of hydrogen-bond acceptors (Lipinski definition) is 0. The maximum atomic E-state index is 2.51. The van der Waals surface area contributed by atoms with Crippen molar-refractivity contribution in [3.8, 4) is 0 Å². The fraction of sp³-hybridized carbons (Fsp3) is 1.00. The first kappa shape index (κ1) is 23.0. The lowest BCUT2D eigenvalue weighted by Gasteiger charge is -2.27. The van der Waals surface area contributed by atoms with E-state index >= 15 is 0 Å². The van der Waals surface area contributed by atoms with Gasteiger partial charge in [-0.1, -0.05) is 93.4 Å². The number of rotatable bonds is 15. The van der Waals surface area contributed by atoms with Crippen molar-refractivity contribution in [3.05, 3.63) is 0 Å². The van der Waals surface area contributed by atoms with Gasteiger partial charge in [0.05, 0.1) is 0 Å². The van der Waals surface area contributed by atoms with Crippen molar-refractivity contribution < 1.29 is 0 Å². The molecule has 0 N–H and O–H groups in total. The van der Waals surface area contributed by atoms with Gasteiger partial charge >= 0.3 is 0 Å². The second-order valence-corrected chi connectivity index (χ2v) is 8.53. The van der Waals surface area contributed by atoms with E-state index in [1.165, 1.54) is 70.6 Å². The summed E-state index contributed by atoms with van der Waals surface area (Å²) >= 11 is 0. The highest BCUT2D eigenvalue weighted by molar-refractivity contribution is 4.71. The van der Waals surface area contributed by atoms with Crippen LogP contribution in [0.5, 0.6) is 0 Å². The molecule has 4 unspecified atom stereocenters. The van der Waals surface area contributed by atoms with Crippen LogP contribution in [0.2, 0.25) is 0 Å². The fourth-order valence-electron chi connectivity index (χ4n) is 4.45.